The minimum absolute atomic E-state index is 0.134. The Morgan fingerprint density at radius 3 is 2.18 bits per heavy atom. The number of nitro benzene ring substituents is 1. The Morgan fingerprint density at radius 2 is 1.77 bits per heavy atom. The Kier molecular flexibility index (Phi) is 5.92. The molecule has 11 heteroatoms. The molecular formula is C11H13F3NO6P. The van der Waals surface area contributed by atoms with E-state index in [1.54, 1.807) is 0 Å². The van der Waals surface area contributed by atoms with Crippen LogP contribution in [-0.2, 0) is 13.6 Å². The predicted molar refractivity (Wildman–Crippen MR) is 70.3 cm³/mol. The Balaban J connectivity index is 3.46. The summed E-state index contributed by atoms with van der Waals surface area (Å²) in [5.74, 6) is -0.872. The van der Waals surface area contributed by atoms with E-state index in [4.69, 9.17) is 9.05 Å². The maximum atomic E-state index is 12.6. The van der Waals surface area contributed by atoms with Gasteiger partial charge in [0.25, 0.3) is 5.69 Å². The summed E-state index contributed by atoms with van der Waals surface area (Å²) in [4.78, 5) is 9.92. The van der Waals surface area contributed by atoms with Gasteiger partial charge in [-0.3, -0.25) is 14.7 Å². The molecule has 124 valence electrons. The minimum atomic E-state index is -5.06. The van der Waals surface area contributed by atoms with Crippen LogP contribution in [0.15, 0.2) is 18.2 Å². The quantitative estimate of drug-likeness (QED) is 0.428. The highest BCUT2D eigenvalue weighted by molar-refractivity contribution is 7.62. The number of ether oxygens (including phenoxy) is 1. The van der Waals surface area contributed by atoms with E-state index in [0.29, 0.717) is 12.1 Å². The topological polar surface area (TPSA) is 87.9 Å². The van der Waals surface area contributed by atoms with Crippen molar-refractivity contribution in [3.8, 4) is 5.75 Å². The summed E-state index contributed by atoms with van der Waals surface area (Å²) >= 11 is 0. The molecule has 0 spiro atoms. The molecule has 7 nitrogen and oxygen atoms in total. The number of rotatable bonds is 7. The van der Waals surface area contributed by atoms with Gasteiger partial charge in [0.05, 0.1) is 18.1 Å². The van der Waals surface area contributed by atoms with Crippen LogP contribution in [0.2, 0.25) is 0 Å². The smallest absolute Gasteiger partial charge is 0.405 e. The van der Waals surface area contributed by atoms with Gasteiger partial charge in [-0.05, 0) is 19.9 Å². The first-order chi connectivity index (χ1) is 10.1. The first-order valence-electron chi connectivity index (χ1n) is 6.06. The second-order valence-electron chi connectivity index (χ2n) is 3.79. The van der Waals surface area contributed by atoms with Crippen molar-refractivity contribution in [2.75, 3.05) is 13.2 Å². The number of hydrogen-bond donors (Lipinski definition) is 0. The van der Waals surface area contributed by atoms with Gasteiger partial charge in [0, 0.05) is 12.1 Å². The van der Waals surface area contributed by atoms with Crippen LogP contribution in [0.4, 0.5) is 18.9 Å². The van der Waals surface area contributed by atoms with Crippen LogP contribution in [0.5, 0.6) is 5.75 Å². The van der Waals surface area contributed by atoms with Crippen molar-refractivity contribution in [2.24, 2.45) is 0 Å². The summed E-state index contributed by atoms with van der Waals surface area (Å²) in [6, 6.07) is 2.19. The van der Waals surface area contributed by atoms with Crippen molar-refractivity contribution in [2.45, 2.75) is 20.2 Å². The largest absolute Gasteiger partial charge is 0.573 e. The van der Waals surface area contributed by atoms with Gasteiger partial charge in [0.15, 0.2) is 0 Å². The standard InChI is InChI=1S/C11H13F3NO6P/c1-3-19-22(18,20-4-2)10-7-8(15(16)17)5-6-9(10)21-11(12,13)14/h5-7H,3-4H2,1-2H3. The highest BCUT2D eigenvalue weighted by Crippen LogP contribution is 2.50. The number of nitro groups is 1. The van der Waals surface area contributed by atoms with Crippen LogP contribution in [0.25, 0.3) is 0 Å². The Labute approximate surface area is 123 Å². The number of halogens is 3. The fraction of sp³-hybridized carbons (Fsp3) is 0.455. The zero-order chi connectivity index (χ0) is 17.0. The Bertz CT molecular complexity index is 582. The second-order valence-corrected chi connectivity index (χ2v) is 5.78. The molecule has 0 heterocycles. The zero-order valence-corrected chi connectivity index (χ0v) is 12.5. The van der Waals surface area contributed by atoms with Crippen molar-refractivity contribution in [3.05, 3.63) is 28.3 Å². The average Bonchev–Trinajstić information content (AvgIpc) is 2.37. The van der Waals surface area contributed by atoms with E-state index in [0.717, 1.165) is 6.07 Å². The summed E-state index contributed by atoms with van der Waals surface area (Å²) in [6.07, 6.45) is -5.06. The van der Waals surface area contributed by atoms with Crippen molar-refractivity contribution in [3.63, 3.8) is 0 Å². The van der Waals surface area contributed by atoms with E-state index in [2.05, 4.69) is 4.74 Å². The van der Waals surface area contributed by atoms with Crippen LogP contribution >= 0.6 is 7.60 Å². The molecular weight excluding hydrogens is 330 g/mol. The van der Waals surface area contributed by atoms with Gasteiger partial charge < -0.3 is 13.8 Å². The van der Waals surface area contributed by atoms with E-state index in [9.17, 15) is 27.9 Å². The molecule has 0 saturated carbocycles. The molecule has 0 amide bonds. The molecule has 0 aliphatic carbocycles. The first kappa shape index (κ1) is 18.4. The Hall–Kier alpha value is -1.64. The van der Waals surface area contributed by atoms with E-state index in [-0.39, 0.29) is 13.2 Å². The van der Waals surface area contributed by atoms with E-state index in [1.165, 1.54) is 13.8 Å². The third-order valence-electron chi connectivity index (χ3n) is 2.27. The summed E-state index contributed by atoms with van der Waals surface area (Å²) in [6.45, 7) is 2.64. The summed E-state index contributed by atoms with van der Waals surface area (Å²) < 4.78 is 63.4. The maximum absolute atomic E-state index is 12.6. The van der Waals surface area contributed by atoms with E-state index in [1.807, 2.05) is 0 Å². The van der Waals surface area contributed by atoms with Crippen molar-refractivity contribution in [1.29, 1.82) is 0 Å². The van der Waals surface area contributed by atoms with Crippen LogP contribution < -0.4 is 10.0 Å². The number of benzene rings is 1. The minimum Gasteiger partial charge on any atom is -0.405 e. The molecule has 0 bridgehead atoms. The molecule has 1 rings (SSSR count). The van der Waals surface area contributed by atoms with E-state index >= 15 is 0 Å². The number of alkyl halides is 3. The average molecular weight is 343 g/mol. The fourth-order valence-corrected chi connectivity index (χ4v) is 3.27. The Morgan fingerprint density at radius 1 is 1.23 bits per heavy atom. The molecule has 0 aliphatic heterocycles. The number of non-ortho nitro benzene ring substituents is 1. The molecule has 0 N–H and O–H groups in total. The lowest BCUT2D eigenvalue weighted by molar-refractivity contribution is -0.384. The van der Waals surface area contributed by atoms with Gasteiger partial charge in [-0.1, -0.05) is 0 Å². The summed E-state index contributed by atoms with van der Waals surface area (Å²) in [7, 11) is -4.19. The van der Waals surface area contributed by atoms with Crippen molar-refractivity contribution >= 4 is 18.6 Å². The molecule has 0 aromatic heterocycles. The van der Waals surface area contributed by atoms with E-state index < -0.39 is 35.6 Å². The highest BCUT2D eigenvalue weighted by Gasteiger charge is 2.38. The zero-order valence-electron chi connectivity index (χ0n) is 11.6. The van der Waals surface area contributed by atoms with Crippen molar-refractivity contribution < 1.29 is 36.4 Å². The molecule has 0 fully saturated rings. The number of nitrogens with zero attached hydrogens (tertiary/aromatic N) is 1. The van der Waals surface area contributed by atoms with Gasteiger partial charge >= 0.3 is 14.0 Å². The van der Waals surface area contributed by atoms with Gasteiger partial charge in [-0.2, -0.15) is 0 Å². The third-order valence-corrected chi connectivity index (χ3v) is 4.41. The van der Waals surface area contributed by atoms with Gasteiger partial charge in [0.2, 0.25) is 0 Å². The summed E-state index contributed by atoms with van der Waals surface area (Å²) in [5.41, 5.74) is -0.566. The van der Waals surface area contributed by atoms with Crippen LogP contribution in [-0.4, -0.2) is 24.5 Å². The normalized spacial score (nSPS) is 12.2. The second kappa shape index (κ2) is 7.08. The van der Waals surface area contributed by atoms with Gasteiger partial charge in [0.1, 0.15) is 11.1 Å². The first-order valence-corrected chi connectivity index (χ1v) is 7.61. The van der Waals surface area contributed by atoms with Crippen LogP contribution in [0.3, 0.4) is 0 Å². The predicted octanol–water partition coefficient (Wildman–Crippen LogP) is 3.38. The fourth-order valence-electron chi connectivity index (χ4n) is 1.56. The molecule has 1 aromatic carbocycles. The molecule has 0 saturated heterocycles. The molecule has 0 unspecified atom stereocenters. The summed E-state index contributed by atoms with van der Waals surface area (Å²) in [5, 5.41) is 10.1. The highest BCUT2D eigenvalue weighted by atomic mass is 31.2. The van der Waals surface area contributed by atoms with Crippen LogP contribution in [0.1, 0.15) is 13.8 Å². The lowest BCUT2D eigenvalue weighted by atomic mass is 10.3. The molecule has 1 aromatic rings. The monoisotopic (exact) mass is 343 g/mol. The van der Waals surface area contributed by atoms with Gasteiger partial charge in [-0.25, -0.2) is 0 Å². The maximum Gasteiger partial charge on any atom is 0.573 e. The molecule has 0 aliphatic rings. The van der Waals surface area contributed by atoms with Crippen molar-refractivity contribution in [1.82, 2.24) is 0 Å². The molecule has 0 radical (unpaired) electrons. The lowest BCUT2D eigenvalue weighted by Gasteiger charge is -2.20. The number of hydrogen-bond acceptors (Lipinski definition) is 6. The van der Waals surface area contributed by atoms with Crippen LogP contribution in [0, 0.1) is 10.1 Å². The van der Waals surface area contributed by atoms with Gasteiger partial charge in [-0.15, -0.1) is 13.2 Å². The molecule has 0 atom stereocenters. The third kappa shape index (κ3) is 4.69. The molecule has 22 heavy (non-hydrogen) atoms. The SMILES string of the molecule is CCOP(=O)(OCC)c1cc([N+](=O)[O-])ccc1OC(F)(F)F. The lowest BCUT2D eigenvalue weighted by Crippen LogP contribution is -2.23.